The molecule has 2 aromatic heterocycles. The lowest BCUT2D eigenvalue weighted by Gasteiger charge is -2.12. The van der Waals surface area contributed by atoms with E-state index in [0.717, 1.165) is 11.8 Å². The molecule has 4 aromatic rings. The van der Waals surface area contributed by atoms with Gasteiger partial charge in [0.1, 0.15) is 23.1 Å². The number of aromatic nitrogens is 5. The van der Waals surface area contributed by atoms with E-state index in [1.54, 1.807) is 22.8 Å². The van der Waals surface area contributed by atoms with Gasteiger partial charge in [0.2, 0.25) is 5.91 Å². The van der Waals surface area contributed by atoms with Crippen LogP contribution in [0, 0.1) is 5.82 Å². The number of carbonyl (C=O) groups excluding carboxylic acids is 1. The van der Waals surface area contributed by atoms with Crippen LogP contribution in [0.25, 0.3) is 5.69 Å². The first-order valence-electron chi connectivity index (χ1n) is 10.5. The fourth-order valence-electron chi connectivity index (χ4n) is 3.37. The Labute approximate surface area is 207 Å². The lowest BCUT2D eigenvalue weighted by molar-refractivity contribution is -0.113. The second-order valence-electron chi connectivity index (χ2n) is 7.40. The fourth-order valence-corrected chi connectivity index (χ4v) is 4.14. The maximum atomic E-state index is 13.5. The number of aromatic amines is 2. The maximum absolute atomic E-state index is 13.5. The number of hydrogen-bond donors (Lipinski definition) is 3. The molecule has 3 N–H and O–H groups in total. The van der Waals surface area contributed by atoms with Crippen LogP contribution in [0.5, 0.6) is 11.5 Å². The van der Waals surface area contributed by atoms with Crippen LogP contribution < -0.4 is 26.0 Å². The molecule has 0 aliphatic heterocycles. The standard InChI is InChI=1S/C23H21FN6O5S/c1-34-16-7-8-18(35-2)17(11-16)26-21(32)12-36-23-29-28-19(9-14-10-20(31)27-22(33)25-14)30(23)15-5-3-13(24)4-6-15/h3-8,10-11H,9,12H2,1-2H3,(H,26,32)(H2,25,27,31,33). The smallest absolute Gasteiger partial charge is 0.325 e. The lowest BCUT2D eigenvalue weighted by Crippen LogP contribution is -2.23. The average molecular weight is 513 g/mol. The molecule has 11 nitrogen and oxygen atoms in total. The summed E-state index contributed by atoms with van der Waals surface area (Å²) in [5.74, 6) is 0.616. The number of carbonyl (C=O) groups is 1. The van der Waals surface area contributed by atoms with Gasteiger partial charge in [-0.1, -0.05) is 11.8 Å². The van der Waals surface area contributed by atoms with E-state index in [2.05, 4.69) is 25.5 Å². The Kier molecular flexibility index (Phi) is 7.49. The molecule has 36 heavy (non-hydrogen) atoms. The highest BCUT2D eigenvalue weighted by molar-refractivity contribution is 7.99. The van der Waals surface area contributed by atoms with Gasteiger partial charge in [0, 0.05) is 29.9 Å². The third-order valence-corrected chi connectivity index (χ3v) is 5.89. The molecule has 0 spiro atoms. The van der Waals surface area contributed by atoms with Gasteiger partial charge in [0.25, 0.3) is 5.56 Å². The van der Waals surface area contributed by atoms with Gasteiger partial charge in [-0.05, 0) is 36.4 Å². The minimum Gasteiger partial charge on any atom is -0.497 e. The monoisotopic (exact) mass is 512 g/mol. The van der Waals surface area contributed by atoms with E-state index in [1.165, 1.54) is 44.6 Å². The fraction of sp³-hybridized carbons (Fsp3) is 0.174. The Bertz CT molecular complexity index is 1470. The van der Waals surface area contributed by atoms with Crippen LogP contribution >= 0.6 is 11.8 Å². The number of anilines is 1. The van der Waals surface area contributed by atoms with E-state index < -0.39 is 17.1 Å². The summed E-state index contributed by atoms with van der Waals surface area (Å²) in [6.07, 6.45) is 0.0668. The van der Waals surface area contributed by atoms with Crippen LogP contribution in [-0.4, -0.2) is 50.6 Å². The van der Waals surface area contributed by atoms with Crippen LogP contribution in [-0.2, 0) is 11.2 Å². The van der Waals surface area contributed by atoms with Gasteiger partial charge < -0.3 is 19.8 Å². The number of ether oxygens (including phenoxy) is 2. The van der Waals surface area contributed by atoms with Crippen molar-refractivity contribution < 1.29 is 18.7 Å². The summed E-state index contributed by atoms with van der Waals surface area (Å²) in [6.45, 7) is 0. The van der Waals surface area contributed by atoms with Crippen LogP contribution in [0.4, 0.5) is 10.1 Å². The first-order valence-corrected chi connectivity index (χ1v) is 11.5. The predicted molar refractivity (Wildman–Crippen MR) is 131 cm³/mol. The zero-order valence-electron chi connectivity index (χ0n) is 19.2. The molecule has 13 heteroatoms. The number of H-pyrrole nitrogens is 2. The Morgan fingerprint density at radius 1 is 1.06 bits per heavy atom. The molecule has 1 amide bonds. The van der Waals surface area contributed by atoms with Crippen molar-refractivity contribution in [2.45, 2.75) is 11.6 Å². The van der Waals surface area contributed by atoms with Crippen LogP contribution in [0.2, 0.25) is 0 Å². The van der Waals surface area contributed by atoms with E-state index in [-0.39, 0.29) is 18.1 Å². The SMILES string of the molecule is COc1ccc(OC)c(NC(=O)CSc2nnc(Cc3cc(=O)[nH]c(=O)[nH]3)n2-c2ccc(F)cc2)c1. The summed E-state index contributed by atoms with van der Waals surface area (Å²) in [4.78, 5) is 40.7. The number of amides is 1. The number of benzene rings is 2. The van der Waals surface area contributed by atoms with Crippen molar-refractivity contribution in [1.82, 2.24) is 24.7 Å². The highest BCUT2D eigenvalue weighted by Gasteiger charge is 2.18. The molecule has 0 aliphatic carbocycles. The molecule has 0 atom stereocenters. The second-order valence-corrected chi connectivity index (χ2v) is 8.35. The number of halogens is 1. The molecule has 4 rings (SSSR count). The molecule has 2 heterocycles. The quantitative estimate of drug-likeness (QED) is 0.289. The van der Waals surface area contributed by atoms with E-state index in [1.807, 2.05) is 0 Å². The molecule has 0 fully saturated rings. The summed E-state index contributed by atoms with van der Waals surface area (Å²) in [7, 11) is 3.01. The molecule has 0 aliphatic rings. The number of hydrogen-bond acceptors (Lipinski definition) is 8. The topological polar surface area (TPSA) is 144 Å². The summed E-state index contributed by atoms with van der Waals surface area (Å²) in [5.41, 5.74) is 0.103. The van der Waals surface area contributed by atoms with Crippen molar-refractivity contribution >= 4 is 23.4 Å². The summed E-state index contributed by atoms with van der Waals surface area (Å²) in [6, 6.07) is 11.9. The van der Waals surface area contributed by atoms with E-state index >= 15 is 0 Å². The van der Waals surface area contributed by atoms with Crippen LogP contribution in [0.1, 0.15) is 11.5 Å². The predicted octanol–water partition coefficient (Wildman–Crippen LogP) is 2.12. The Morgan fingerprint density at radius 2 is 1.83 bits per heavy atom. The minimum absolute atomic E-state index is 0.0263. The molecule has 0 bridgehead atoms. The number of nitrogens with zero attached hydrogens (tertiary/aromatic N) is 3. The van der Waals surface area contributed by atoms with Crippen molar-refractivity contribution in [2.75, 3.05) is 25.3 Å². The number of nitrogens with one attached hydrogen (secondary N) is 3. The van der Waals surface area contributed by atoms with E-state index in [9.17, 15) is 18.8 Å². The normalized spacial score (nSPS) is 10.8. The Morgan fingerprint density at radius 3 is 2.53 bits per heavy atom. The van der Waals surface area contributed by atoms with Gasteiger partial charge >= 0.3 is 5.69 Å². The van der Waals surface area contributed by atoms with Crippen molar-refractivity contribution in [3.05, 3.63) is 86.7 Å². The summed E-state index contributed by atoms with van der Waals surface area (Å²) < 4.78 is 25.7. The summed E-state index contributed by atoms with van der Waals surface area (Å²) >= 11 is 1.11. The molecule has 186 valence electrons. The third kappa shape index (κ3) is 5.81. The first kappa shape index (κ1) is 24.7. The third-order valence-electron chi connectivity index (χ3n) is 4.96. The van der Waals surface area contributed by atoms with E-state index in [4.69, 9.17) is 9.47 Å². The number of methoxy groups -OCH3 is 2. The molecule has 2 aromatic carbocycles. The Hall–Kier alpha value is -4.39. The van der Waals surface area contributed by atoms with Gasteiger partial charge in [-0.3, -0.25) is 19.1 Å². The number of rotatable bonds is 9. The highest BCUT2D eigenvalue weighted by Crippen LogP contribution is 2.29. The summed E-state index contributed by atoms with van der Waals surface area (Å²) in [5, 5.41) is 11.5. The molecule has 0 unspecified atom stereocenters. The molecule has 0 radical (unpaired) electrons. The molecule has 0 saturated carbocycles. The minimum atomic E-state index is -0.649. The van der Waals surface area contributed by atoms with Gasteiger partial charge in [0.05, 0.1) is 25.7 Å². The van der Waals surface area contributed by atoms with Crippen molar-refractivity contribution in [2.24, 2.45) is 0 Å². The zero-order valence-corrected chi connectivity index (χ0v) is 20.0. The Balaban J connectivity index is 1.58. The molecular formula is C23H21FN6O5S. The van der Waals surface area contributed by atoms with Gasteiger partial charge in [-0.15, -0.1) is 10.2 Å². The molecular weight excluding hydrogens is 491 g/mol. The van der Waals surface area contributed by atoms with Crippen LogP contribution in [0.15, 0.2) is 63.3 Å². The lowest BCUT2D eigenvalue weighted by atomic mass is 10.2. The van der Waals surface area contributed by atoms with E-state index in [0.29, 0.717) is 39.5 Å². The van der Waals surface area contributed by atoms with Gasteiger partial charge in [-0.2, -0.15) is 0 Å². The number of thioether (sulfide) groups is 1. The average Bonchev–Trinajstić information content (AvgIpc) is 3.24. The van der Waals surface area contributed by atoms with Crippen LogP contribution in [0.3, 0.4) is 0 Å². The maximum Gasteiger partial charge on any atom is 0.325 e. The largest absolute Gasteiger partial charge is 0.497 e. The molecule has 0 saturated heterocycles. The van der Waals surface area contributed by atoms with Gasteiger partial charge in [0.15, 0.2) is 5.16 Å². The highest BCUT2D eigenvalue weighted by atomic mass is 32.2. The van der Waals surface area contributed by atoms with Crippen molar-refractivity contribution in [3.63, 3.8) is 0 Å². The van der Waals surface area contributed by atoms with Gasteiger partial charge in [-0.25, -0.2) is 9.18 Å². The van der Waals surface area contributed by atoms with Crippen molar-refractivity contribution in [1.29, 1.82) is 0 Å². The first-order chi connectivity index (χ1) is 17.4. The zero-order chi connectivity index (χ0) is 25.7. The van der Waals surface area contributed by atoms with Crippen molar-refractivity contribution in [3.8, 4) is 17.2 Å². The second kappa shape index (κ2) is 10.9.